The van der Waals surface area contributed by atoms with Crippen LogP contribution in [0.5, 0.6) is 0 Å². The molecule has 1 rings (SSSR count). The van der Waals surface area contributed by atoms with Crippen LogP contribution in [0.2, 0.25) is 0 Å². The summed E-state index contributed by atoms with van der Waals surface area (Å²) >= 11 is 2.99. The lowest BCUT2D eigenvalue weighted by molar-refractivity contribution is -0.143. The fourth-order valence-electron chi connectivity index (χ4n) is 1.38. The number of rotatable bonds is 7. The van der Waals surface area contributed by atoms with E-state index in [2.05, 4.69) is 5.32 Å². The predicted molar refractivity (Wildman–Crippen MR) is 74.1 cm³/mol. The number of thioether (sulfide) groups is 1. The summed E-state index contributed by atoms with van der Waals surface area (Å²) < 4.78 is 1.06. The SMILES string of the molecule is CCC(C)[C@H](NC(=O)CSc1cccs1)C(=O)O. The molecule has 0 fully saturated rings. The summed E-state index contributed by atoms with van der Waals surface area (Å²) in [4.78, 5) is 22.7. The average molecular weight is 287 g/mol. The van der Waals surface area contributed by atoms with E-state index in [1.54, 1.807) is 11.3 Å². The van der Waals surface area contributed by atoms with Gasteiger partial charge in [0.25, 0.3) is 0 Å². The molecule has 1 aromatic heterocycles. The van der Waals surface area contributed by atoms with Crippen LogP contribution in [0.1, 0.15) is 20.3 Å². The second-order valence-corrected chi connectivity index (χ2v) is 6.21. The summed E-state index contributed by atoms with van der Waals surface area (Å²) in [5.74, 6) is -1.03. The van der Waals surface area contributed by atoms with Crippen LogP contribution in [0.3, 0.4) is 0 Å². The Morgan fingerprint density at radius 3 is 2.78 bits per heavy atom. The summed E-state index contributed by atoms with van der Waals surface area (Å²) in [5.41, 5.74) is 0. The molecule has 1 aromatic rings. The highest BCUT2D eigenvalue weighted by atomic mass is 32.2. The molecule has 6 heteroatoms. The molecule has 1 heterocycles. The lowest BCUT2D eigenvalue weighted by Gasteiger charge is -2.19. The number of amides is 1. The Kier molecular flexibility index (Phi) is 6.21. The van der Waals surface area contributed by atoms with Gasteiger partial charge in [0.1, 0.15) is 6.04 Å². The number of carboxylic acids is 1. The van der Waals surface area contributed by atoms with E-state index in [1.807, 2.05) is 31.4 Å². The molecular weight excluding hydrogens is 270 g/mol. The van der Waals surface area contributed by atoms with Gasteiger partial charge in [-0.25, -0.2) is 4.79 Å². The second-order valence-electron chi connectivity index (χ2n) is 3.99. The van der Waals surface area contributed by atoms with Gasteiger partial charge in [0, 0.05) is 0 Å². The summed E-state index contributed by atoms with van der Waals surface area (Å²) in [7, 11) is 0. The van der Waals surface area contributed by atoms with E-state index in [4.69, 9.17) is 5.11 Å². The van der Waals surface area contributed by atoms with Crippen molar-refractivity contribution in [3.8, 4) is 0 Å². The van der Waals surface area contributed by atoms with Crippen molar-refractivity contribution in [1.82, 2.24) is 5.32 Å². The molecule has 1 unspecified atom stereocenters. The number of aliphatic carboxylic acids is 1. The number of hydrogen-bond donors (Lipinski definition) is 2. The molecule has 0 aromatic carbocycles. The lowest BCUT2D eigenvalue weighted by Crippen LogP contribution is -2.45. The lowest BCUT2D eigenvalue weighted by atomic mass is 9.99. The van der Waals surface area contributed by atoms with E-state index in [0.717, 1.165) is 10.6 Å². The highest BCUT2D eigenvalue weighted by Gasteiger charge is 2.25. The maximum absolute atomic E-state index is 11.7. The number of nitrogens with one attached hydrogen (secondary N) is 1. The Bertz CT molecular complexity index is 392. The van der Waals surface area contributed by atoms with Gasteiger partial charge < -0.3 is 10.4 Å². The second kappa shape index (κ2) is 7.43. The van der Waals surface area contributed by atoms with Gasteiger partial charge in [0.05, 0.1) is 9.96 Å². The van der Waals surface area contributed by atoms with Gasteiger partial charge in [-0.15, -0.1) is 23.1 Å². The van der Waals surface area contributed by atoms with Crippen molar-refractivity contribution in [2.75, 3.05) is 5.75 Å². The number of carbonyl (C=O) groups is 2. The highest BCUT2D eigenvalue weighted by Crippen LogP contribution is 2.23. The summed E-state index contributed by atoms with van der Waals surface area (Å²) in [6.07, 6.45) is 0.718. The van der Waals surface area contributed by atoms with Crippen LogP contribution in [0.4, 0.5) is 0 Å². The minimum absolute atomic E-state index is 0.0711. The van der Waals surface area contributed by atoms with Crippen LogP contribution in [0, 0.1) is 5.92 Å². The molecule has 2 atom stereocenters. The van der Waals surface area contributed by atoms with Crippen molar-refractivity contribution in [2.24, 2.45) is 5.92 Å². The molecule has 1 amide bonds. The van der Waals surface area contributed by atoms with E-state index < -0.39 is 12.0 Å². The molecule has 0 aliphatic heterocycles. The number of hydrogen-bond acceptors (Lipinski definition) is 4. The largest absolute Gasteiger partial charge is 0.480 e. The molecule has 18 heavy (non-hydrogen) atoms. The monoisotopic (exact) mass is 287 g/mol. The van der Waals surface area contributed by atoms with Gasteiger partial charge >= 0.3 is 5.97 Å². The van der Waals surface area contributed by atoms with Crippen molar-refractivity contribution >= 4 is 35.0 Å². The fourth-order valence-corrected chi connectivity index (χ4v) is 2.98. The third kappa shape index (κ3) is 4.70. The normalized spacial score (nSPS) is 13.9. The quantitative estimate of drug-likeness (QED) is 0.756. The molecule has 0 radical (unpaired) electrons. The Morgan fingerprint density at radius 2 is 2.28 bits per heavy atom. The van der Waals surface area contributed by atoms with Crippen molar-refractivity contribution in [1.29, 1.82) is 0 Å². The van der Waals surface area contributed by atoms with Crippen molar-refractivity contribution in [3.05, 3.63) is 17.5 Å². The first-order valence-corrected chi connectivity index (χ1v) is 7.59. The van der Waals surface area contributed by atoms with E-state index >= 15 is 0 Å². The van der Waals surface area contributed by atoms with Gasteiger partial charge in [0.15, 0.2) is 0 Å². The zero-order chi connectivity index (χ0) is 13.5. The van der Waals surface area contributed by atoms with Crippen molar-refractivity contribution in [2.45, 2.75) is 30.5 Å². The van der Waals surface area contributed by atoms with Crippen molar-refractivity contribution in [3.63, 3.8) is 0 Å². The average Bonchev–Trinajstić information content (AvgIpc) is 2.85. The smallest absolute Gasteiger partial charge is 0.326 e. The van der Waals surface area contributed by atoms with Crippen LogP contribution in [-0.4, -0.2) is 28.8 Å². The molecule has 2 N–H and O–H groups in total. The number of carboxylic acid groups (broad SMARTS) is 1. The van der Waals surface area contributed by atoms with Crippen LogP contribution >= 0.6 is 23.1 Å². The minimum atomic E-state index is -0.973. The van der Waals surface area contributed by atoms with E-state index in [-0.39, 0.29) is 17.6 Å². The molecule has 0 saturated carbocycles. The fraction of sp³-hybridized carbons (Fsp3) is 0.500. The molecular formula is C12H17NO3S2. The summed E-state index contributed by atoms with van der Waals surface area (Å²) in [6, 6.07) is 3.06. The third-order valence-electron chi connectivity index (χ3n) is 2.64. The van der Waals surface area contributed by atoms with E-state index in [0.29, 0.717) is 0 Å². The minimum Gasteiger partial charge on any atom is -0.480 e. The topological polar surface area (TPSA) is 66.4 Å². The zero-order valence-corrected chi connectivity index (χ0v) is 12.0. The molecule has 0 bridgehead atoms. The van der Waals surface area contributed by atoms with Crippen LogP contribution < -0.4 is 5.32 Å². The molecule has 0 aliphatic rings. The summed E-state index contributed by atoms with van der Waals surface area (Å²) in [5, 5.41) is 13.6. The van der Waals surface area contributed by atoms with E-state index in [1.165, 1.54) is 11.8 Å². The Morgan fingerprint density at radius 1 is 1.56 bits per heavy atom. The maximum atomic E-state index is 11.7. The van der Waals surface area contributed by atoms with Gasteiger partial charge in [-0.1, -0.05) is 26.3 Å². The molecule has 100 valence electrons. The number of thiophene rings is 1. The molecule has 0 saturated heterocycles. The first-order valence-electron chi connectivity index (χ1n) is 5.73. The first-order chi connectivity index (χ1) is 8.54. The van der Waals surface area contributed by atoms with Gasteiger partial charge in [-0.2, -0.15) is 0 Å². The standard InChI is InChI=1S/C12H17NO3S2/c1-3-8(2)11(12(15)16)13-9(14)7-18-10-5-4-6-17-10/h4-6,8,11H,3,7H2,1-2H3,(H,13,14)(H,15,16)/t8?,11-/m0/s1. The predicted octanol–water partition coefficient (Wildman–Crippen LogP) is 2.46. The Labute approximate surface area is 115 Å². The highest BCUT2D eigenvalue weighted by molar-refractivity contribution is 8.01. The molecule has 4 nitrogen and oxygen atoms in total. The summed E-state index contributed by atoms with van der Waals surface area (Å²) in [6.45, 7) is 3.73. The van der Waals surface area contributed by atoms with Crippen LogP contribution in [0.25, 0.3) is 0 Å². The first kappa shape index (κ1) is 15.0. The van der Waals surface area contributed by atoms with Gasteiger partial charge in [0.2, 0.25) is 5.91 Å². The Balaban J connectivity index is 2.44. The number of carbonyl (C=O) groups excluding carboxylic acids is 1. The van der Waals surface area contributed by atoms with Crippen molar-refractivity contribution < 1.29 is 14.7 Å². The third-order valence-corrected chi connectivity index (χ3v) is 4.77. The zero-order valence-electron chi connectivity index (χ0n) is 10.4. The van der Waals surface area contributed by atoms with Gasteiger partial charge in [-0.05, 0) is 17.4 Å². The molecule has 0 spiro atoms. The maximum Gasteiger partial charge on any atom is 0.326 e. The molecule has 0 aliphatic carbocycles. The van der Waals surface area contributed by atoms with Crippen LogP contribution in [-0.2, 0) is 9.59 Å². The van der Waals surface area contributed by atoms with E-state index in [9.17, 15) is 9.59 Å². The Hall–Kier alpha value is -1.01. The van der Waals surface area contributed by atoms with Crippen LogP contribution in [0.15, 0.2) is 21.7 Å². The van der Waals surface area contributed by atoms with Gasteiger partial charge in [-0.3, -0.25) is 4.79 Å².